The molecule has 7 heteroatoms. The van der Waals surface area contributed by atoms with Gasteiger partial charge in [-0.3, -0.25) is 4.79 Å². The standard InChI is InChI=1S/C15H11ClN2O3S/c1-9(21-15(20)12-6-7-13(16)22-12)14(19)18-11-5-3-2-4-10(11)8-17/h2-7,9H,1H3,(H,18,19)/t9-/m1/s1. The number of carbonyl (C=O) groups is 2. The predicted octanol–water partition coefficient (Wildman–Crippen LogP) is 3.46. The van der Waals surface area contributed by atoms with Crippen LogP contribution in [-0.2, 0) is 9.53 Å². The molecule has 0 radical (unpaired) electrons. The van der Waals surface area contributed by atoms with Gasteiger partial charge in [0.05, 0.1) is 15.6 Å². The van der Waals surface area contributed by atoms with Crippen LogP contribution in [0.25, 0.3) is 0 Å². The number of hydrogen-bond acceptors (Lipinski definition) is 5. The maximum Gasteiger partial charge on any atom is 0.349 e. The Hall–Kier alpha value is -2.36. The average molecular weight is 335 g/mol. The van der Waals surface area contributed by atoms with Crippen molar-refractivity contribution in [1.82, 2.24) is 0 Å². The van der Waals surface area contributed by atoms with E-state index in [1.165, 1.54) is 13.0 Å². The molecule has 22 heavy (non-hydrogen) atoms. The van der Waals surface area contributed by atoms with Gasteiger partial charge < -0.3 is 10.1 Å². The number of rotatable bonds is 4. The van der Waals surface area contributed by atoms with Gasteiger partial charge in [-0.05, 0) is 31.2 Å². The molecule has 0 unspecified atom stereocenters. The van der Waals surface area contributed by atoms with E-state index < -0.39 is 18.0 Å². The number of carbonyl (C=O) groups excluding carboxylic acids is 2. The van der Waals surface area contributed by atoms with Crippen LogP contribution in [0.4, 0.5) is 5.69 Å². The third-order valence-corrected chi connectivity index (χ3v) is 3.94. The Morgan fingerprint density at radius 3 is 2.68 bits per heavy atom. The topological polar surface area (TPSA) is 79.2 Å². The van der Waals surface area contributed by atoms with E-state index in [2.05, 4.69) is 5.32 Å². The zero-order chi connectivity index (χ0) is 16.1. The van der Waals surface area contributed by atoms with Crippen LogP contribution in [-0.4, -0.2) is 18.0 Å². The molecule has 0 saturated heterocycles. The van der Waals surface area contributed by atoms with Crippen LogP contribution < -0.4 is 5.32 Å². The number of amides is 1. The Labute approximate surface area is 136 Å². The number of nitrogens with zero attached hydrogens (tertiary/aromatic N) is 1. The molecule has 1 aromatic carbocycles. The third-order valence-electron chi connectivity index (χ3n) is 2.73. The van der Waals surface area contributed by atoms with Crippen molar-refractivity contribution in [2.24, 2.45) is 0 Å². The zero-order valence-electron chi connectivity index (χ0n) is 11.5. The smallest absolute Gasteiger partial charge is 0.349 e. The second kappa shape index (κ2) is 7.07. The number of anilines is 1. The van der Waals surface area contributed by atoms with E-state index in [0.717, 1.165) is 11.3 Å². The molecule has 0 aliphatic carbocycles. The quantitative estimate of drug-likeness (QED) is 0.868. The monoisotopic (exact) mass is 334 g/mol. The second-order valence-corrected chi connectivity index (χ2v) is 6.01. The van der Waals surface area contributed by atoms with Crippen molar-refractivity contribution in [2.75, 3.05) is 5.32 Å². The molecule has 1 aromatic heterocycles. The molecule has 0 fully saturated rings. The molecule has 1 N–H and O–H groups in total. The van der Waals surface area contributed by atoms with Crippen molar-refractivity contribution in [3.63, 3.8) is 0 Å². The van der Waals surface area contributed by atoms with Crippen LogP contribution in [0, 0.1) is 11.3 Å². The van der Waals surface area contributed by atoms with Crippen molar-refractivity contribution in [1.29, 1.82) is 5.26 Å². The summed E-state index contributed by atoms with van der Waals surface area (Å²) in [6, 6.07) is 11.7. The van der Waals surface area contributed by atoms with Crippen LogP contribution in [0.2, 0.25) is 4.34 Å². The Bertz CT molecular complexity index is 751. The van der Waals surface area contributed by atoms with Crippen LogP contribution in [0.3, 0.4) is 0 Å². The van der Waals surface area contributed by atoms with Crippen LogP contribution in [0.1, 0.15) is 22.2 Å². The van der Waals surface area contributed by atoms with Gasteiger partial charge in [-0.15, -0.1) is 11.3 Å². The van der Waals surface area contributed by atoms with Crippen molar-refractivity contribution in [2.45, 2.75) is 13.0 Å². The molecule has 0 saturated carbocycles. The Kier molecular flexibility index (Phi) is 5.15. The molecule has 1 heterocycles. The normalized spacial score (nSPS) is 11.3. The lowest BCUT2D eigenvalue weighted by Crippen LogP contribution is -2.30. The summed E-state index contributed by atoms with van der Waals surface area (Å²) in [4.78, 5) is 24.2. The minimum atomic E-state index is -1.000. The number of nitrogens with one attached hydrogen (secondary N) is 1. The number of halogens is 1. The van der Waals surface area contributed by atoms with Gasteiger partial charge >= 0.3 is 5.97 Å². The minimum absolute atomic E-state index is 0.321. The van der Waals surface area contributed by atoms with Gasteiger partial charge in [0.15, 0.2) is 6.10 Å². The summed E-state index contributed by atoms with van der Waals surface area (Å²) in [6.07, 6.45) is -1.000. The number of thiophene rings is 1. The SMILES string of the molecule is C[C@@H](OC(=O)c1ccc(Cl)s1)C(=O)Nc1ccccc1C#N. The molecular formula is C15H11ClN2O3S. The van der Waals surface area contributed by atoms with Gasteiger partial charge in [0.2, 0.25) is 0 Å². The fourth-order valence-corrected chi connectivity index (χ4v) is 2.55. The predicted molar refractivity (Wildman–Crippen MR) is 84.0 cm³/mol. The van der Waals surface area contributed by atoms with Gasteiger partial charge in [-0.2, -0.15) is 5.26 Å². The number of ether oxygens (including phenoxy) is 1. The highest BCUT2D eigenvalue weighted by molar-refractivity contribution is 7.17. The van der Waals surface area contributed by atoms with Crippen LogP contribution in [0.5, 0.6) is 0 Å². The number of esters is 1. The number of benzene rings is 1. The lowest BCUT2D eigenvalue weighted by molar-refractivity contribution is -0.123. The summed E-state index contributed by atoms with van der Waals surface area (Å²) < 4.78 is 5.54. The van der Waals surface area contributed by atoms with Gasteiger partial charge in [0.1, 0.15) is 10.9 Å². The van der Waals surface area contributed by atoms with E-state index >= 15 is 0 Å². The van der Waals surface area contributed by atoms with E-state index in [-0.39, 0.29) is 0 Å². The van der Waals surface area contributed by atoms with E-state index in [4.69, 9.17) is 21.6 Å². The maximum absolute atomic E-state index is 12.0. The number of para-hydroxylation sites is 1. The van der Waals surface area contributed by atoms with Crippen molar-refractivity contribution in [3.8, 4) is 6.07 Å². The van der Waals surface area contributed by atoms with Crippen molar-refractivity contribution >= 4 is 40.5 Å². The summed E-state index contributed by atoms with van der Waals surface area (Å²) in [7, 11) is 0. The molecule has 112 valence electrons. The lowest BCUT2D eigenvalue weighted by atomic mass is 10.2. The zero-order valence-corrected chi connectivity index (χ0v) is 13.1. The van der Waals surface area contributed by atoms with Gasteiger partial charge in [-0.25, -0.2) is 4.79 Å². The molecule has 1 amide bonds. The summed E-state index contributed by atoms with van der Waals surface area (Å²) in [6.45, 7) is 1.46. The second-order valence-electron chi connectivity index (χ2n) is 4.30. The highest BCUT2D eigenvalue weighted by Crippen LogP contribution is 2.22. The van der Waals surface area contributed by atoms with E-state index in [9.17, 15) is 9.59 Å². The molecular weight excluding hydrogens is 324 g/mol. The first kappa shape index (κ1) is 16.0. The largest absolute Gasteiger partial charge is 0.448 e. The Balaban J connectivity index is 2.01. The summed E-state index contributed by atoms with van der Waals surface area (Å²) in [5, 5.41) is 11.5. The van der Waals surface area contributed by atoms with Gasteiger partial charge in [-0.1, -0.05) is 23.7 Å². The highest BCUT2D eigenvalue weighted by atomic mass is 35.5. The molecule has 1 atom stereocenters. The molecule has 0 spiro atoms. The number of nitriles is 1. The fourth-order valence-electron chi connectivity index (χ4n) is 1.62. The molecule has 2 aromatic rings. The molecule has 0 aliphatic rings. The third kappa shape index (κ3) is 3.85. The van der Waals surface area contributed by atoms with Crippen LogP contribution >= 0.6 is 22.9 Å². The first-order valence-corrected chi connectivity index (χ1v) is 7.47. The first-order valence-electron chi connectivity index (χ1n) is 6.27. The van der Waals surface area contributed by atoms with Crippen molar-refractivity contribution in [3.05, 3.63) is 51.2 Å². The first-order chi connectivity index (χ1) is 10.5. The molecule has 0 bridgehead atoms. The minimum Gasteiger partial charge on any atom is -0.448 e. The average Bonchev–Trinajstić information content (AvgIpc) is 2.94. The van der Waals surface area contributed by atoms with Gasteiger partial charge in [0, 0.05) is 0 Å². The van der Waals surface area contributed by atoms with E-state index in [1.54, 1.807) is 30.3 Å². The van der Waals surface area contributed by atoms with E-state index in [0.29, 0.717) is 20.5 Å². The molecule has 2 rings (SSSR count). The number of hydrogen-bond donors (Lipinski definition) is 1. The van der Waals surface area contributed by atoms with Crippen LogP contribution in [0.15, 0.2) is 36.4 Å². The Morgan fingerprint density at radius 2 is 2.05 bits per heavy atom. The fraction of sp³-hybridized carbons (Fsp3) is 0.133. The Morgan fingerprint density at radius 1 is 1.32 bits per heavy atom. The summed E-state index contributed by atoms with van der Waals surface area (Å²) >= 11 is 6.82. The maximum atomic E-state index is 12.0. The van der Waals surface area contributed by atoms with Gasteiger partial charge in [0.25, 0.3) is 5.91 Å². The van der Waals surface area contributed by atoms with Crippen molar-refractivity contribution < 1.29 is 14.3 Å². The van der Waals surface area contributed by atoms with E-state index in [1.807, 2.05) is 6.07 Å². The molecule has 0 aliphatic heterocycles. The highest BCUT2D eigenvalue weighted by Gasteiger charge is 2.20. The summed E-state index contributed by atoms with van der Waals surface area (Å²) in [5.41, 5.74) is 0.705. The lowest BCUT2D eigenvalue weighted by Gasteiger charge is -2.13. The molecule has 5 nitrogen and oxygen atoms in total. The summed E-state index contributed by atoms with van der Waals surface area (Å²) in [5.74, 6) is -1.13.